The van der Waals surface area contributed by atoms with Gasteiger partial charge < -0.3 is 21.5 Å². The maximum atomic E-state index is 5.76. The lowest BCUT2D eigenvalue weighted by Crippen LogP contribution is -1.97. The molecule has 0 saturated heterocycles. The summed E-state index contributed by atoms with van der Waals surface area (Å²) in [6.07, 6.45) is 0. The number of methoxy groups -OCH3 is 1. The van der Waals surface area contributed by atoms with Gasteiger partial charge in [-0.05, 0) is 30.3 Å². The van der Waals surface area contributed by atoms with Gasteiger partial charge in [0.05, 0.1) is 18.5 Å². The quantitative estimate of drug-likeness (QED) is 0.760. The number of nitrogens with two attached hydrogens (primary N) is 2. The maximum Gasteiger partial charge on any atom is 0.122 e. The third kappa shape index (κ3) is 2.87. The molecule has 4 nitrogen and oxygen atoms in total. The average Bonchev–Trinajstić information content (AvgIpc) is 2.33. The number of nitrogens with one attached hydrogen (secondary N) is 1. The Morgan fingerprint density at radius 1 is 1.00 bits per heavy atom. The van der Waals surface area contributed by atoms with Crippen LogP contribution >= 0.6 is 15.9 Å². The molecule has 5 heteroatoms. The Hall–Kier alpha value is -1.88. The van der Waals surface area contributed by atoms with Gasteiger partial charge in [0.15, 0.2) is 0 Å². The largest absolute Gasteiger partial charge is 0.497 e. The number of ether oxygens (including phenoxy) is 1. The smallest absolute Gasteiger partial charge is 0.122 e. The Morgan fingerprint density at radius 3 is 2.44 bits per heavy atom. The molecule has 0 aliphatic heterocycles. The zero-order chi connectivity index (χ0) is 13.1. The summed E-state index contributed by atoms with van der Waals surface area (Å²) >= 11 is 3.43. The first-order valence-corrected chi connectivity index (χ1v) is 6.14. The number of hydrogen-bond acceptors (Lipinski definition) is 4. The standard InChI is InChI=1S/C13H14BrN3O/c1-18-11-5-8(14)4-10(6-11)17-9-2-3-12(15)13(16)7-9/h2-7,17H,15-16H2,1H3. The zero-order valence-corrected chi connectivity index (χ0v) is 11.5. The normalized spacial score (nSPS) is 10.1. The predicted molar refractivity (Wildman–Crippen MR) is 79.2 cm³/mol. The molecule has 94 valence electrons. The van der Waals surface area contributed by atoms with Crippen molar-refractivity contribution in [3.05, 3.63) is 40.9 Å². The monoisotopic (exact) mass is 307 g/mol. The van der Waals surface area contributed by atoms with Crippen LogP contribution in [0.25, 0.3) is 0 Å². The summed E-state index contributed by atoms with van der Waals surface area (Å²) in [5, 5.41) is 3.24. The molecule has 0 saturated carbocycles. The summed E-state index contributed by atoms with van der Waals surface area (Å²) in [6.45, 7) is 0. The fourth-order valence-electron chi connectivity index (χ4n) is 1.57. The molecule has 0 aliphatic carbocycles. The highest BCUT2D eigenvalue weighted by molar-refractivity contribution is 9.10. The van der Waals surface area contributed by atoms with Crippen molar-refractivity contribution in [3.63, 3.8) is 0 Å². The molecule has 2 aromatic rings. The van der Waals surface area contributed by atoms with Crippen LogP contribution in [-0.4, -0.2) is 7.11 Å². The van der Waals surface area contributed by atoms with E-state index in [4.69, 9.17) is 16.2 Å². The molecule has 0 bridgehead atoms. The van der Waals surface area contributed by atoms with E-state index in [9.17, 15) is 0 Å². The second kappa shape index (κ2) is 5.18. The van der Waals surface area contributed by atoms with E-state index < -0.39 is 0 Å². The lowest BCUT2D eigenvalue weighted by Gasteiger charge is -2.10. The molecule has 0 aliphatic rings. The van der Waals surface area contributed by atoms with Gasteiger partial charge in [0, 0.05) is 21.9 Å². The third-order valence-electron chi connectivity index (χ3n) is 2.48. The molecule has 0 aromatic heterocycles. The van der Waals surface area contributed by atoms with Crippen LogP contribution in [0.1, 0.15) is 0 Å². The summed E-state index contributed by atoms with van der Waals surface area (Å²) < 4.78 is 6.14. The molecule has 2 rings (SSSR count). The molecule has 0 heterocycles. The first kappa shape index (κ1) is 12.6. The van der Waals surface area contributed by atoms with Crippen LogP contribution in [0.3, 0.4) is 0 Å². The van der Waals surface area contributed by atoms with Gasteiger partial charge in [0.2, 0.25) is 0 Å². The Morgan fingerprint density at radius 2 is 1.78 bits per heavy atom. The van der Waals surface area contributed by atoms with Crippen LogP contribution in [-0.2, 0) is 0 Å². The lowest BCUT2D eigenvalue weighted by atomic mass is 10.2. The Kier molecular flexibility index (Phi) is 3.62. The van der Waals surface area contributed by atoms with E-state index in [1.165, 1.54) is 0 Å². The summed E-state index contributed by atoms with van der Waals surface area (Å²) in [4.78, 5) is 0. The number of benzene rings is 2. The van der Waals surface area contributed by atoms with Crippen molar-refractivity contribution in [1.29, 1.82) is 0 Å². The van der Waals surface area contributed by atoms with E-state index >= 15 is 0 Å². The molecule has 5 N–H and O–H groups in total. The number of nitrogen functional groups attached to an aromatic ring is 2. The highest BCUT2D eigenvalue weighted by Gasteiger charge is 2.02. The Bertz CT molecular complexity index is 572. The average molecular weight is 308 g/mol. The van der Waals surface area contributed by atoms with Gasteiger partial charge in [-0.3, -0.25) is 0 Å². The van der Waals surface area contributed by atoms with Crippen LogP contribution in [0.15, 0.2) is 40.9 Å². The van der Waals surface area contributed by atoms with Crippen molar-refractivity contribution < 1.29 is 4.74 Å². The molecular formula is C13H14BrN3O. The van der Waals surface area contributed by atoms with E-state index in [1.54, 1.807) is 19.2 Å². The van der Waals surface area contributed by atoms with Crippen molar-refractivity contribution in [2.45, 2.75) is 0 Å². The summed E-state index contributed by atoms with van der Waals surface area (Å²) in [6, 6.07) is 11.2. The van der Waals surface area contributed by atoms with E-state index in [0.29, 0.717) is 11.4 Å². The highest BCUT2D eigenvalue weighted by atomic mass is 79.9. The van der Waals surface area contributed by atoms with Gasteiger partial charge in [-0.1, -0.05) is 15.9 Å². The topological polar surface area (TPSA) is 73.3 Å². The molecule has 0 fully saturated rings. The van der Waals surface area contributed by atoms with Crippen LogP contribution < -0.4 is 21.5 Å². The van der Waals surface area contributed by atoms with E-state index in [1.807, 2.05) is 24.3 Å². The fraction of sp³-hybridized carbons (Fsp3) is 0.0769. The van der Waals surface area contributed by atoms with Crippen LogP contribution in [0.4, 0.5) is 22.7 Å². The van der Waals surface area contributed by atoms with Gasteiger partial charge in [-0.2, -0.15) is 0 Å². The predicted octanol–water partition coefficient (Wildman–Crippen LogP) is 3.37. The van der Waals surface area contributed by atoms with E-state index in [2.05, 4.69) is 21.2 Å². The minimum absolute atomic E-state index is 0.557. The first-order valence-electron chi connectivity index (χ1n) is 5.35. The number of halogens is 1. The molecule has 0 atom stereocenters. The highest BCUT2D eigenvalue weighted by Crippen LogP contribution is 2.28. The minimum Gasteiger partial charge on any atom is -0.497 e. The SMILES string of the molecule is COc1cc(Br)cc(Nc2ccc(N)c(N)c2)c1. The van der Waals surface area contributed by atoms with Crippen LogP contribution in [0.5, 0.6) is 5.75 Å². The van der Waals surface area contributed by atoms with Crippen LogP contribution in [0.2, 0.25) is 0 Å². The number of rotatable bonds is 3. The molecule has 2 aromatic carbocycles. The molecular weight excluding hydrogens is 294 g/mol. The lowest BCUT2D eigenvalue weighted by molar-refractivity contribution is 0.415. The molecule has 18 heavy (non-hydrogen) atoms. The van der Waals surface area contributed by atoms with Crippen molar-refractivity contribution in [2.75, 3.05) is 23.9 Å². The van der Waals surface area contributed by atoms with Crippen molar-refractivity contribution in [3.8, 4) is 5.75 Å². The van der Waals surface area contributed by atoms with Gasteiger partial charge in [0.25, 0.3) is 0 Å². The van der Waals surface area contributed by atoms with Gasteiger partial charge in [-0.25, -0.2) is 0 Å². The van der Waals surface area contributed by atoms with E-state index in [0.717, 1.165) is 21.6 Å². The Balaban J connectivity index is 2.27. The van der Waals surface area contributed by atoms with Crippen molar-refractivity contribution >= 4 is 38.7 Å². The minimum atomic E-state index is 0.557. The van der Waals surface area contributed by atoms with Gasteiger partial charge in [-0.15, -0.1) is 0 Å². The molecule has 0 amide bonds. The molecule has 0 spiro atoms. The second-order valence-corrected chi connectivity index (χ2v) is 4.76. The van der Waals surface area contributed by atoms with Gasteiger partial charge in [0.1, 0.15) is 5.75 Å². The number of anilines is 4. The summed E-state index contributed by atoms with van der Waals surface area (Å²) in [7, 11) is 1.63. The van der Waals surface area contributed by atoms with Gasteiger partial charge >= 0.3 is 0 Å². The fourth-order valence-corrected chi connectivity index (χ4v) is 2.04. The Labute approximate surface area is 114 Å². The molecule has 0 radical (unpaired) electrons. The first-order chi connectivity index (χ1) is 8.58. The maximum absolute atomic E-state index is 5.76. The van der Waals surface area contributed by atoms with Crippen molar-refractivity contribution in [1.82, 2.24) is 0 Å². The molecule has 0 unspecified atom stereocenters. The summed E-state index contributed by atoms with van der Waals surface area (Å²) in [5.41, 5.74) is 14.4. The summed E-state index contributed by atoms with van der Waals surface area (Å²) in [5.74, 6) is 0.773. The van der Waals surface area contributed by atoms with Crippen LogP contribution in [0, 0.1) is 0 Å². The third-order valence-corrected chi connectivity index (χ3v) is 2.94. The second-order valence-electron chi connectivity index (χ2n) is 3.85. The zero-order valence-electron chi connectivity index (χ0n) is 9.91. The van der Waals surface area contributed by atoms with E-state index in [-0.39, 0.29) is 0 Å². The number of hydrogen-bond donors (Lipinski definition) is 3. The van der Waals surface area contributed by atoms with Crippen molar-refractivity contribution in [2.24, 2.45) is 0 Å².